The Labute approximate surface area is 306 Å². The van der Waals surface area contributed by atoms with Gasteiger partial charge in [-0.3, -0.25) is 19.2 Å². The first-order valence-corrected chi connectivity index (χ1v) is 16.2. The Bertz CT molecular complexity index is 1840. The van der Waals surface area contributed by atoms with Gasteiger partial charge in [0.25, 0.3) is 0 Å². The highest BCUT2D eigenvalue weighted by Crippen LogP contribution is 2.36. The summed E-state index contributed by atoms with van der Waals surface area (Å²) in [6.45, 7) is -0.0451. The van der Waals surface area contributed by atoms with Crippen LogP contribution < -0.4 is 19.1 Å². The molecule has 0 aliphatic heterocycles. The van der Waals surface area contributed by atoms with E-state index in [9.17, 15) is 32.3 Å². The number of carboxylic acid groups (broad SMARTS) is 1. The van der Waals surface area contributed by atoms with Crippen molar-refractivity contribution in [3.8, 4) is 17.2 Å². The summed E-state index contributed by atoms with van der Waals surface area (Å²) in [7, 11) is 9.10. The van der Waals surface area contributed by atoms with Crippen LogP contribution in [0.5, 0.6) is 17.2 Å². The molecule has 4 aromatic carbocycles. The van der Waals surface area contributed by atoms with Crippen molar-refractivity contribution >= 4 is 29.4 Å². The van der Waals surface area contributed by atoms with Crippen LogP contribution in [-0.2, 0) is 25.6 Å². The van der Waals surface area contributed by atoms with Gasteiger partial charge in [0.2, 0.25) is 17.7 Å². The van der Waals surface area contributed by atoms with Gasteiger partial charge in [-0.2, -0.15) is 0 Å². The number of amides is 3. The summed E-state index contributed by atoms with van der Waals surface area (Å²) in [5, 5.41) is 9.00. The molecule has 0 radical (unpaired) electrons. The third-order valence-corrected chi connectivity index (χ3v) is 7.85. The standard InChI is InChI=1S/C28H29F3N2O5.C11H13NO3/c1-32(2)26(34)25(20-10-6-5-7-11-20)27(35)33(21-12-8-9-13-22(21)38-28(29,30)31)17-16-19-14-15-23(36-3)24(18-19)37-4;1-12(2)10(13)9(11(14)15)8-6-4-3-5-7-8/h5-15,18,25H,16-17H2,1-4H3;3-7,9H,1-2H3,(H,14,15). The van der Waals surface area contributed by atoms with Gasteiger partial charge in [0.15, 0.2) is 23.2 Å². The van der Waals surface area contributed by atoms with E-state index < -0.39 is 47.6 Å². The highest BCUT2D eigenvalue weighted by molar-refractivity contribution is 6.12. The van der Waals surface area contributed by atoms with Gasteiger partial charge in [-0.25, -0.2) is 0 Å². The molecule has 4 aromatic rings. The van der Waals surface area contributed by atoms with Gasteiger partial charge in [-0.15, -0.1) is 13.2 Å². The third kappa shape index (κ3) is 11.5. The maximum atomic E-state index is 14.0. The summed E-state index contributed by atoms with van der Waals surface area (Å²) in [6.07, 6.45) is -4.74. The predicted molar refractivity (Wildman–Crippen MR) is 192 cm³/mol. The average Bonchev–Trinajstić information content (AvgIpc) is 3.12. The molecule has 0 aliphatic rings. The van der Waals surface area contributed by atoms with Crippen LogP contribution in [0.4, 0.5) is 18.9 Å². The van der Waals surface area contributed by atoms with Gasteiger partial charge in [-0.1, -0.05) is 78.9 Å². The first kappa shape index (κ1) is 41.4. The summed E-state index contributed by atoms with van der Waals surface area (Å²) in [5.74, 6) is -4.71. The quantitative estimate of drug-likeness (QED) is 0.166. The van der Waals surface area contributed by atoms with Gasteiger partial charge in [-0.05, 0) is 47.4 Å². The molecule has 53 heavy (non-hydrogen) atoms. The molecule has 0 spiro atoms. The lowest BCUT2D eigenvalue weighted by Crippen LogP contribution is -2.43. The van der Waals surface area contributed by atoms with Crippen LogP contribution in [-0.4, -0.2) is 93.9 Å². The number of rotatable bonds is 13. The van der Waals surface area contributed by atoms with Crippen molar-refractivity contribution in [3.63, 3.8) is 0 Å². The number of alkyl halides is 3. The fraction of sp³-hybridized carbons (Fsp3) is 0.282. The van der Waals surface area contributed by atoms with Gasteiger partial charge < -0.3 is 34.0 Å². The first-order valence-electron chi connectivity index (χ1n) is 16.2. The molecular weight excluding hydrogens is 695 g/mol. The maximum Gasteiger partial charge on any atom is 0.573 e. The van der Waals surface area contributed by atoms with E-state index in [2.05, 4.69) is 4.74 Å². The molecule has 2 atom stereocenters. The number of carbonyl (C=O) groups excluding carboxylic acids is 3. The molecule has 3 amide bonds. The monoisotopic (exact) mass is 737 g/mol. The van der Waals surface area contributed by atoms with Gasteiger partial charge >= 0.3 is 12.3 Å². The summed E-state index contributed by atoms with van der Waals surface area (Å²) >= 11 is 0. The number of methoxy groups -OCH3 is 2. The lowest BCUT2D eigenvalue weighted by Gasteiger charge is -2.30. The number of carbonyl (C=O) groups is 4. The number of aliphatic carboxylic acids is 1. The van der Waals surface area contributed by atoms with Crippen LogP contribution in [0.2, 0.25) is 0 Å². The fourth-order valence-electron chi connectivity index (χ4n) is 5.26. The number of ether oxygens (including phenoxy) is 3. The Balaban J connectivity index is 0.000000421. The van der Waals surface area contributed by atoms with Crippen molar-refractivity contribution in [2.75, 3.05) is 53.9 Å². The van der Waals surface area contributed by atoms with Gasteiger partial charge in [0, 0.05) is 34.7 Å². The van der Waals surface area contributed by atoms with E-state index in [0.717, 1.165) is 16.5 Å². The Morgan fingerprint density at radius 3 is 1.62 bits per heavy atom. The van der Waals surface area contributed by atoms with E-state index in [-0.39, 0.29) is 18.7 Å². The zero-order chi connectivity index (χ0) is 39.3. The van der Waals surface area contributed by atoms with Crippen molar-refractivity contribution in [1.82, 2.24) is 9.80 Å². The van der Waals surface area contributed by atoms with Crippen LogP contribution in [0.3, 0.4) is 0 Å². The van der Waals surface area contributed by atoms with E-state index in [1.165, 1.54) is 56.3 Å². The summed E-state index contributed by atoms with van der Waals surface area (Å²) in [5.41, 5.74) is 1.55. The summed E-state index contributed by atoms with van der Waals surface area (Å²) in [4.78, 5) is 53.6. The molecule has 0 saturated heterocycles. The first-order chi connectivity index (χ1) is 25.1. The van der Waals surface area contributed by atoms with Crippen LogP contribution >= 0.6 is 0 Å². The maximum absolute atomic E-state index is 14.0. The third-order valence-electron chi connectivity index (χ3n) is 7.85. The number of para-hydroxylation sites is 2. The summed E-state index contributed by atoms with van der Waals surface area (Å²) in [6, 6.07) is 27.4. The molecule has 4 rings (SSSR count). The molecule has 0 heterocycles. The number of nitrogens with zero attached hydrogens (tertiary/aromatic N) is 3. The number of likely N-dealkylation sites (N-methyl/N-ethyl adjacent to an activating group) is 2. The van der Waals surface area contributed by atoms with Crippen molar-refractivity contribution in [2.45, 2.75) is 24.6 Å². The van der Waals surface area contributed by atoms with Crippen molar-refractivity contribution in [3.05, 3.63) is 120 Å². The van der Waals surface area contributed by atoms with E-state index >= 15 is 0 Å². The molecule has 11 nitrogen and oxygen atoms in total. The van der Waals surface area contributed by atoms with E-state index in [4.69, 9.17) is 14.6 Å². The molecule has 2 unspecified atom stereocenters. The Morgan fingerprint density at radius 2 is 1.13 bits per heavy atom. The highest BCUT2D eigenvalue weighted by Gasteiger charge is 2.37. The smallest absolute Gasteiger partial charge is 0.493 e. The largest absolute Gasteiger partial charge is 0.573 e. The lowest BCUT2D eigenvalue weighted by molar-refractivity contribution is -0.274. The summed E-state index contributed by atoms with van der Waals surface area (Å²) < 4.78 is 54.6. The molecule has 0 aliphatic carbocycles. The van der Waals surface area contributed by atoms with Crippen LogP contribution in [0.1, 0.15) is 28.5 Å². The molecular formula is C39H42F3N3O8. The van der Waals surface area contributed by atoms with Crippen LogP contribution in [0.25, 0.3) is 0 Å². The number of anilines is 1. The number of halogens is 3. The van der Waals surface area contributed by atoms with E-state index in [0.29, 0.717) is 22.6 Å². The molecule has 0 fully saturated rings. The van der Waals surface area contributed by atoms with Crippen molar-refractivity contribution < 1.29 is 51.7 Å². The molecule has 0 aromatic heterocycles. The number of carboxylic acids is 1. The SMILES string of the molecule is CN(C)C(=O)C(C(=O)O)c1ccccc1.COc1ccc(CCN(C(=O)C(C(=O)N(C)C)c2ccccc2)c2ccccc2OC(F)(F)F)cc1OC. The minimum atomic E-state index is -4.98. The minimum Gasteiger partial charge on any atom is -0.493 e. The second kappa shape index (κ2) is 19.0. The molecule has 282 valence electrons. The molecule has 1 N–H and O–H groups in total. The molecule has 14 heteroatoms. The Kier molecular flexibility index (Phi) is 14.8. The van der Waals surface area contributed by atoms with Crippen LogP contribution in [0.15, 0.2) is 103 Å². The zero-order valence-corrected chi connectivity index (χ0v) is 30.2. The van der Waals surface area contributed by atoms with E-state index in [1.54, 1.807) is 93.0 Å². The number of benzene rings is 4. The average molecular weight is 738 g/mol. The van der Waals surface area contributed by atoms with Crippen molar-refractivity contribution in [2.24, 2.45) is 0 Å². The minimum absolute atomic E-state index is 0.0451. The fourth-order valence-corrected chi connectivity index (χ4v) is 5.26. The van der Waals surface area contributed by atoms with Crippen molar-refractivity contribution in [1.29, 1.82) is 0 Å². The van der Waals surface area contributed by atoms with Gasteiger partial charge in [0.05, 0.1) is 19.9 Å². The second-order valence-electron chi connectivity index (χ2n) is 11.9. The zero-order valence-electron chi connectivity index (χ0n) is 30.2. The van der Waals surface area contributed by atoms with Gasteiger partial charge in [0.1, 0.15) is 5.92 Å². The molecule has 0 bridgehead atoms. The predicted octanol–water partition coefficient (Wildman–Crippen LogP) is 5.99. The topological polar surface area (TPSA) is 126 Å². The van der Waals surface area contributed by atoms with Crippen LogP contribution in [0, 0.1) is 0 Å². The second-order valence-corrected chi connectivity index (χ2v) is 11.9. The lowest BCUT2D eigenvalue weighted by atomic mass is 9.95. The Morgan fingerprint density at radius 1 is 0.642 bits per heavy atom. The normalized spacial score (nSPS) is 11.9. The van der Waals surface area contributed by atoms with E-state index in [1.807, 2.05) is 0 Å². The molecule has 0 saturated carbocycles. The Hall–Kier alpha value is -6.05. The highest BCUT2D eigenvalue weighted by atomic mass is 19.4. The number of hydrogen-bond acceptors (Lipinski definition) is 7. The number of hydrogen-bond donors (Lipinski definition) is 1.